The van der Waals surface area contributed by atoms with Gasteiger partial charge in [0.1, 0.15) is 11.4 Å². The lowest BCUT2D eigenvalue weighted by molar-refractivity contribution is 0.131. The van der Waals surface area contributed by atoms with E-state index >= 15 is 0 Å². The van der Waals surface area contributed by atoms with E-state index in [-0.39, 0.29) is 11.2 Å². The van der Waals surface area contributed by atoms with Gasteiger partial charge in [-0.05, 0) is 57.6 Å². The summed E-state index contributed by atoms with van der Waals surface area (Å²) in [7, 11) is 0. The molecule has 2 rings (SSSR count). The number of hydrogen-bond acceptors (Lipinski definition) is 3. The molecule has 0 saturated heterocycles. The molecule has 21 heavy (non-hydrogen) atoms. The molecular formula is C16H20N2O2S. The topological polar surface area (TPSA) is 57.9 Å². The molecule has 0 bridgehead atoms. The molecular weight excluding hydrogens is 284 g/mol. The summed E-state index contributed by atoms with van der Waals surface area (Å²) < 4.78 is 6.14. The molecule has 0 atom stereocenters. The number of nitrogens with one attached hydrogen (secondary N) is 2. The van der Waals surface area contributed by atoms with Gasteiger partial charge in [-0.15, -0.1) is 0 Å². The van der Waals surface area contributed by atoms with Crippen molar-refractivity contribution in [3.8, 4) is 5.75 Å². The second-order valence-corrected chi connectivity index (χ2v) is 6.46. The summed E-state index contributed by atoms with van der Waals surface area (Å²) in [5.74, 6) is 0.823. The van der Waals surface area contributed by atoms with E-state index in [1.807, 2.05) is 52.0 Å². The molecule has 1 heterocycles. The summed E-state index contributed by atoms with van der Waals surface area (Å²) >= 11 is 4.95. The predicted octanol–water partition coefficient (Wildman–Crippen LogP) is 3.51. The van der Waals surface area contributed by atoms with Gasteiger partial charge in [0.2, 0.25) is 0 Å². The molecule has 1 aromatic carbocycles. The molecule has 1 aromatic heterocycles. The Kier molecular flexibility index (Phi) is 4.32. The quantitative estimate of drug-likeness (QED) is 0.853. The van der Waals surface area contributed by atoms with Crippen LogP contribution in [0.25, 0.3) is 0 Å². The van der Waals surface area contributed by atoms with Crippen LogP contribution in [-0.2, 0) is 6.42 Å². The van der Waals surface area contributed by atoms with E-state index in [1.165, 1.54) is 0 Å². The minimum atomic E-state index is -0.219. The summed E-state index contributed by atoms with van der Waals surface area (Å²) in [6, 6.07) is 7.80. The normalized spacial score (nSPS) is 11.4. The monoisotopic (exact) mass is 304 g/mol. The second-order valence-electron chi connectivity index (χ2n) is 6.05. The lowest BCUT2D eigenvalue weighted by Gasteiger charge is -2.21. The maximum atomic E-state index is 12.0. The van der Waals surface area contributed by atoms with Crippen molar-refractivity contribution in [2.24, 2.45) is 0 Å². The first-order valence-electron chi connectivity index (χ1n) is 6.84. The number of rotatable bonds is 3. The minimum Gasteiger partial charge on any atom is -0.488 e. The fourth-order valence-electron chi connectivity index (χ4n) is 2.07. The van der Waals surface area contributed by atoms with Crippen molar-refractivity contribution < 1.29 is 4.74 Å². The number of H-pyrrole nitrogens is 2. The molecule has 2 aromatic rings. The van der Waals surface area contributed by atoms with E-state index in [9.17, 15) is 4.79 Å². The third-order valence-corrected chi connectivity index (χ3v) is 3.19. The zero-order valence-electron chi connectivity index (χ0n) is 12.7. The Balaban J connectivity index is 2.22. The highest BCUT2D eigenvalue weighted by atomic mass is 32.1. The van der Waals surface area contributed by atoms with E-state index in [2.05, 4.69) is 9.97 Å². The van der Waals surface area contributed by atoms with Crippen molar-refractivity contribution in [1.29, 1.82) is 0 Å². The van der Waals surface area contributed by atoms with Crippen LogP contribution in [0.2, 0.25) is 0 Å². The molecule has 0 aliphatic carbocycles. The number of benzene rings is 1. The van der Waals surface area contributed by atoms with Gasteiger partial charge in [0.15, 0.2) is 4.77 Å². The predicted molar refractivity (Wildman–Crippen MR) is 86.6 cm³/mol. The minimum absolute atomic E-state index is 0.133. The molecule has 0 aliphatic rings. The third-order valence-electron chi connectivity index (χ3n) is 2.98. The highest BCUT2D eigenvalue weighted by Crippen LogP contribution is 2.19. The lowest BCUT2D eigenvalue weighted by atomic mass is 10.0. The number of hydrogen-bond donors (Lipinski definition) is 2. The van der Waals surface area contributed by atoms with E-state index in [4.69, 9.17) is 17.0 Å². The van der Waals surface area contributed by atoms with Gasteiger partial charge < -0.3 is 9.72 Å². The Morgan fingerprint density at radius 3 is 2.29 bits per heavy atom. The molecule has 0 spiro atoms. The number of aryl methyl sites for hydroxylation is 1. The highest BCUT2D eigenvalue weighted by molar-refractivity contribution is 7.71. The smallest absolute Gasteiger partial charge is 0.255 e. The molecule has 4 nitrogen and oxygen atoms in total. The van der Waals surface area contributed by atoms with E-state index in [0.717, 1.165) is 17.0 Å². The fraction of sp³-hybridized carbons (Fsp3) is 0.375. The van der Waals surface area contributed by atoms with Crippen LogP contribution in [0.1, 0.15) is 37.6 Å². The highest BCUT2D eigenvalue weighted by Gasteiger charge is 2.12. The van der Waals surface area contributed by atoms with Gasteiger partial charge in [0.05, 0.1) is 0 Å². The Bertz CT molecular complexity index is 737. The first kappa shape index (κ1) is 15.5. The Labute approximate surface area is 129 Å². The summed E-state index contributed by atoms with van der Waals surface area (Å²) in [6.45, 7) is 7.89. The van der Waals surface area contributed by atoms with Crippen LogP contribution in [0, 0.1) is 11.7 Å². The van der Waals surface area contributed by atoms with Crippen LogP contribution in [-0.4, -0.2) is 15.6 Å². The van der Waals surface area contributed by atoms with Gasteiger partial charge in [-0.3, -0.25) is 9.78 Å². The maximum Gasteiger partial charge on any atom is 0.255 e. The Morgan fingerprint density at radius 1 is 1.14 bits per heavy atom. The Hall–Kier alpha value is -1.88. The van der Waals surface area contributed by atoms with Crippen LogP contribution < -0.4 is 10.3 Å². The summed E-state index contributed by atoms with van der Waals surface area (Å²) in [6.07, 6.45) is 0.559. The van der Waals surface area contributed by atoms with E-state index in [1.54, 1.807) is 0 Å². The first-order chi connectivity index (χ1) is 9.74. The van der Waals surface area contributed by atoms with Crippen LogP contribution >= 0.6 is 12.2 Å². The molecule has 0 radical (unpaired) electrons. The average Bonchev–Trinajstić information content (AvgIpc) is 2.34. The fourth-order valence-corrected chi connectivity index (χ4v) is 2.32. The van der Waals surface area contributed by atoms with Crippen molar-refractivity contribution in [1.82, 2.24) is 9.97 Å². The number of ether oxygens (including phenoxy) is 1. The van der Waals surface area contributed by atoms with Gasteiger partial charge in [-0.2, -0.15) is 0 Å². The molecule has 0 unspecified atom stereocenters. The molecule has 5 heteroatoms. The van der Waals surface area contributed by atoms with Crippen molar-refractivity contribution in [3.05, 3.63) is 56.2 Å². The third kappa shape index (κ3) is 4.29. The number of aromatic nitrogens is 2. The van der Waals surface area contributed by atoms with Gasteiger partial charge >= 0.3 is 0 Å². The van der Waals surface area contributed by atoms with Gasteiger partial charge in [0, 0.05) is 17.7 Å². The maximum absolute atomic E-state index is 12.0. The van der Waals surface area contributed by atoms with Gasteiger partial charge in [0.25, 0.3) is 5.56 Å². The standard InChI is InChI=1S/C16H20N2O2S/c1-10-13(14(19)18-15(21)17-10)9-11-5-7-12(8-6-11)20-16(2,3)4/h5-8H,9H2,1-4H3,(H2,17,18,19,21). The molecule has 0 fully saturated rings. The van der Waals surface area contributed by atoms with Crippen molar-refractivity contribution in [2.45, 2.75) is 39.7 Å². The van der Waals surface area contributed by atoms with E-state index < -0.39 is 0 Å². The largest absolute Gasteiger partial charge is 0.488 e. The van der Waals surface area contributed by atoms with Gasteiger partial charge in [-0.1, -0.05) is 12.1 Å². The zero-order valence-corrected chi connectivity index (χ0v) is 13.6. The zero-order chi connectivity index (χ0) is 15.6. The summed E-state index contributed by atoms with van der Waals surface area (Å²) in [5.41, 5.74) is 2.21. The van der Waals surface area contributed by atoms with Crippen molar-refractivity contribution >= 4 is 12.2 Å². The lowest BCUT2D eigenvalue weighted by Crippen LogP contribution is -2.22. The van der Waals surface area contributed by atoms with Crippen LogP contribution in [0.4, 0.5) is 0 Å². The van der Waals surface area contributed by atoms with Gasteiger partial charge in [-0.25, -0.2) is 0 Å². The average molecular weight is 304 g/mol. The molecule has 0 amide bonds. The number of aromatic amines is 2. The summed E-state index contributed by atoms with van der Waals surface area (Å²) in [4.78, 5) is 17.6. The second kappa shape index (κ2) is 5.85. The van der Waals surface area contributed by atoms with Crippen LogP contribution in [0.15, 0.2) is 29.1 Å². The van der Waals surface area contributed by atoms with Crippen LogP contribution in [0.3, 0.4) is 0 Å². The SMILES string of the molecule is Cc1[nH]c(=S)[nH]c(=O)c1Cc1ccc(OC(C)(C)C)cc1. The molecule has 0 aliphatic heterocycles. The van der Waals surface area contributed by atoms with Crippen molar-refractivity contribution in [3.63, 3.8) is 0 Å². The van der Waals surface area contributed by atoms with Crippen LogP contribution in [0.5, 0.6) is 5.75 Å². The summed E-state index contributed by atoms with van der Waals surface area (Å²) in [5, 5.41) is 0. The van der Waals surface area contributed by atoms with E-state index in [0.29, 0.717) is 16.8 Å². The molecule has 2 N–H and O–H groups in total. The first-order valence-corrected chi connectivity index (χ1v) is 7.25. The van der Waals surface area contributed by atoms with Crippen molar-refractivity contribution in [2.75, 3.05) is 0 Å². The molecule has 112 valence electrons. The Morgan fingerprint density at radius 2 is 1.76 bits per heavy atom. The molecule has 0 saturated carbocycles.